The number of rotatable bonds is 4. The molecule has 1 aliphatic rings. The molecule has 98 valence electrons. The second-order valence-electron chi connectivity index (χ2n) is 4.93. The Morgan fingerprint density at radius 3 is 2.67 bits per heavy atom. The van der Waals surface area contributed by atoms with E-state index in [0.717, 1.165) is 24.8 Å². The SMILES string of the molecule is O=C(O)C1(NCc2cccc(F)c2)CCCCC1. The maximum atomic E-state index is 13.0. The summed E-state index contributed by atoms with van der Waals surface area (Å²) in [4.78, 5) is 11.4. The third-order valence-electron chi connectivity index (χ3n) is 3.64. The molecule has 0 amide bonds. The van der Waals surface area contributed by atoms with Crippen LogP contribution < -0.4 is 5.32 Å². The Kier molecular flexibility index (Phi) is 3.97. The van der Waals surface area contributed by atoms with Gasteiger partial charge in [-0.25, -0.2) is 4.39 Å². The van der Waals surface area contributed by atoms with Crippen molar-refractivity contribution in [3.63, 3.8) is 0 Å². The number of halogens is 1. The molecule has 4 heteroatoms. The molecule has 3 nitrogen and oxygen atoms in total. The molecule has 1 fully saturated rings. The van der Waals surface area contributed by atoms with Gasteiger partial charge in [-0.2, -0.15) is 0 Å². The van der Waals surface area contributed by atoms with Crippen LogP contribution in [-0.2, 0) is 11.3 Å². The van der Waals surface area contributed by atoms with E-state index >= 15 is 0 Å². The summed E-state index contributed by atoms with van der Waals surface area (Å²) in [5.41, 5.74) is -0.0499. The zero-order valence-electron chi connectivity index (χ0n) is 10.3. The van der Waals surface area contributed by atoms with Crippen LogP contribution in [0.4, 0.5) is 4.39 Å². The Labute approximate surface area is 106 Å². The fourth-order valence-corrected chi connectivity index (χ4v) is 2.54. The number of carboxylic acid groups (broad SMARTS) is 1. The summed E-state index contributed by atoms with van der Waals surface area (Å²) in [5.74, 6) is -1.08. The predicted molar refractivity (Wildman–Crippen MR) is 66.7 cm³/mol. The molecule has 0 aromatic heterocycles. The lowest BCUT2D eigenvalue weighted by molar-refractivity contribution is -0.146. The summed E-state index contributed by atoms with van der Waals surface area (Å²) in [7, 11) is 0. The fraction of sp³-hybridized carbons (Fsp3) is 0.500. The minimum absolute atomic E-state index is 0.290. The summed E-state index contributed by atoms with van der Waals surface area (Å²) < 4.78 is 13.0. The van der Waals surface area contributed by atoms with Gasteiger partial charge in [-0.1, -0.05) is 31.4 Å². The van der Waals surface area contributed by atoms with Gasteiger partial charge in [0.1, 0.15) is 11.4 Å². The number of aliphatic carboxylic acids is 1. The second-order valence-corrected chi connectivity index (χ2v) is 4.93. The van der Waals surface area contributed by atoms with Crippen LogP contribution in [0.1, 0.15) is 37.7 Å². The third kappa shape index (κ3) is 2.88. The van der Waals surface area contributed by atoms with Gasteiger partial charge in [-0.15, -0.1) is 0 Å². The van der Waals surface area contributed by atoms with Gasteiger partial charge < -0.3 is 5.11 Å². The van der Waals surface area contributed by atoms with E-state index in [1.54, 1.807) is 12.1 Å². The molecule has 0 bridgehead atoms. The Morgan fingerprint density at radius 2 is 2.06 bits per heavy atom. The molecule has 2 rings (SSSR count). The number of carbonyl (C=O) groups is 1. The monoisotopic (exact) mass is 251 g/mol. The lowest BCUT2D eigenvalue weighted by Crippen LogP contribution is -2.52. The molecule has 0 spiro atoms. The first-order valence-electron chi connectivity index (χ1n) is 6.35. The largest absolute Gasteiger partial charge is 0.480 e. The summed E-state index contributed by atoms with van der Waals surface area (Å²) in [6.07, 6.45) is 4.26. The number of hydrogen-bond donors (Lipinski definition) is 2. The van der Waals surface area contributed by atoms with E-state index in [0.29, 0.717) is 19.4 Å². The molecule has 2 N–H and O–H groups in total. The average molecular weight is 251 g/mol. The van der Waals surface area contributed by atoms with Crippen LogP contribution in [-0.4, -0.2) is 16.6 Å². The molecular weight excluding hydrogens is 233 g/mol. The zero-order valence-corrected chi connectivity index (χ0v) is 10.3. The van der Waals surface area contributed by atoms with Crippen LogP contribution in [0.25, 0.3) is 0 Å². The van der Waals surface area contributed by atoms with E-state index in [1.165, 1.54) is 12.1 Å². The standard InChI is InChI=1S/C14H18FNO2/c15-12-6-4-5-11(9-12)10-16-14(13(17)18)7-2-1-3-8-14/h4-6,9,16H,1-3,7-8,10H2,(H,17,18). The molecule has 1 aromatic carbocycles. The first-order valence-corrected chi connectivity index (χ1v) is 6.35. The number of carboxylic acids is 1. The van der Waals surface area contributed by atoms with Crippen LogP contribution in [0.3, 0.4) is 0 Å². The van der Waals surface area contributed by atoms with Gasteiger partial charge in [-0.05, 0) is 30.5 Å². The van der Waals surface area contributed by atoms with Gasteiger partial charge >= 0.3 is 5.97 Å². The van der Waals surface area contributed by atoms with Gasteiger partial charge in [0, 0.05) is 6.54 Å². The summed E-state index contributed by atoms with van der Waals surface area (Å²) >= 11 is 0. The molecule has 1 aromatic rings. The van der Waals surface area contributed by atoms with Gasteiger partial charge in [0.15, 0.2) is 0 Å². The molecule has 18 heavy (non-hydrogen) atoms. The topological polar surface area (TPSA) is 49.3 Å². The van der Waals surface area contributed by atoms with E-state index in [2.05, 4.69) is 5.32 Å². The predicted octanol–water partition coefficient (Wildman–Crippen LogP) is 2.70. The molecule has 0 unspecified atom stereocenters. The maximum absolute atomic E-state index is 13.0. The Balaban J connectivity index is 2.04. The summed E-state index contributed by atoms with van der Waals surface area (Å²) in [6.45, 7) is 0.393. The van der Waals surface area contributed by atoms with Crippen molar-refractivity contribution in [3.05, 3.63) is 35.6 Å². The first-order chi connectivity index (χ1) is 8.62. The maximum Gasteiger partial charge on any atom is 0.323 e. The molecule has 1 aliphatic carbocycles. The van der Waals surface area contributed by atoms with Crippen LogP contribution >= 0.6 is 0 Å². The number of nitrogens with one attached hydrogen (secondary N) is 1. The Bertz CT molecular complexity index is 428. The lowest BCUT2D eigenvalue weighted by Gasteiger charge is -2.34. The molecule has 0 saturated heterocycles. The van der Waals surface area contributed by atoms with Gasteiger partial charge in [0.05, 0.1) is 0 Å². The second kappa shape index (κ2) is 5.48. The van der Waals surface area contributed by atoms with Crippen LogP contribution in [0.2, 0.25) is 0 Å². The fourth-order valence-electron chi connectivity index (χ4n) is 2.54. The van der Waals surface area contributed by atoms with E-state index in [4.69, 9.17) is 0 Å². The molecule has 0 radical (unpaired) electrons. The quantitative estimate of drug-likeness (QED) is 0.865. The van der Waals surface area contributed by atoms with E-state index in [1.807, 2.05) is 0 Å². The summed E-state index contributed by atoms with van der Waals surface area (Å²) in [6, 6.07) is 6.26. The van der Waals surface area contributed by atoms with Crippen LogP contribution in [0.5, 0.6) is 0 Å². The molecule has 0 atom stereocenters. The highest BCUT2D eigenvalue weighted by Crippen LogP contribution is 2.28. The van der Waals surface area contributed by atoms with Crippen molar-refractivity contribution in [3.8, 4) is 0 Å². The first kappa shape index (κ1) is 13.0. The Hall–Kier alpha value is -1.42. The minimum Gasteiger partial charge on any atom is -0.480 e. The molecule has 0 aliphatic heterocycles. The zero-order chi connectivity index (χ0) is 13.0. The van der Waals surface area contributed by atoms with Gasteiger partial charge in [0.2, 0.25) is 0 Å². The highest BCUT2D eigenvalue weighted by Gasteiger charge is 2.38. The van der Waals surface area contributed by atoms with Crippen molar-refractivity contribution < 1.29 is 14.3 Å². The van der Waals surface area contributed by atoms with Gasteiger partial charge in [0.25, 0.3) is 0 Å². The minimum atomic E-state index is -0.829. The van der Waals surface area contributed by atoms with Crippen molar-refractivity contribution in [2.24, 2.45) is 0 Å². The highest BCUT2D eigenvalue weighted by molar-refractivity contribution is 5.78. The van der Waals surface area contributed by atoms with E-state index in [-0.39, 0.29) is 5.82 Å². The van der Waals surface area contributed by atoms with Crippen molar-refractivity contribution in [2.75, 3.05) is 0 Å². The van der Waals surface area contributed by atoms with Crippen LogP contribution in [0, 0.1) is 5.82 Å². The van der Waals surface area contributed by atoms with Crippen molar-refractivity contribution >= 4 is 5.97 Å². The summed E-state index contributed by atoms with van der Waals surface area (Å²) in [5, 5.41) is 12.5. The van der Waals surface area contributed by atoms with E-state index < -0.39 is 11.5 Å². The number of benzene rings is 1. The Morgan fingerprint density at radius 1 is 1.33 bits per heavy atom. The normalized spacial score (nSPS) is 18.5. The molecular formula is C14H18FNO2. The lowest BCUT2D eigenvalue weighted by atomic mass is 9.81. The molecule has 0 heterocycles. The van der Waals surface area contributed by atoms with E-state index in [9.17, 15) is 14.3 Å². The number of hydrogen-bond acceptors (Lipinski definition) is 2. The van der Waals surface area contributed by atoms with Crippen molar-refractivity contribution in [1.82, 2.24) is 5.32 Å². The highest BCUT2D eigenvalue weighted by atomic mass is 19.1. The smallest absolute Gasteiger partial charge is 0.323 e. The van der Waals surface area contributed by atoms with Crippen molar-refractivity contribution in [2.45, 2.75) is 44.2 Å². The third-order valence-corrected chi connectivity index (χ3v) is 3.64. The van der Waals surface area contributed by atoms with Crippen LogP contribution in [0.15, 0.2) is 24.3 Å². The van der Waals surface area contributed by atoms with Crippen molar-refractivity contribution in [1.29, 1.82) is 0 Å². The molecule has 1 saturated carbocycles. The average Bonchev–Trinajstić information content (AvgIpc) is 2.37. The van der Waals surface area contributed by atoms with Gasteiger partial charge in [-0.3, -0.25) is 10.1 Å².